The van der Waals surface area contributed by atoms with Crippen LogP contribution in [0.25, 0.3) is 234 Å². The maximum Gasteiger partial charge on any atom is 0.160 e. The van der Waals surface area contributed by atoms with Crippen LogP contribution in [0, 0.1) is 0 Å². The number of nitrogens with zero attached hydrogens (tertiary/aromatic N) is 12. The van der Waals surface area contributed by atoms with Crippen LogP contribution in [0.15, 0.2) is 413 Å². The van der Waals surface area contributed by atoms with Crippen LogP contribution in [-0.2, 0) is 0 Å². The standard InChI is InChI=1S/C58H36N6.C52H32N6/c1-4-10-37(11-5-1)49-31-28-43-22-23-44-29-32-50(62-57(44)56(43)61-49)40-18-16-39(17-19-40)48-30-26-41-20-24-46(34-52(41)59-48)47-25-21-42-27-33-51(60-53(42)35-47)55-36-54(38-12-6-2-7-13-38)63-58(64-55)45-14-8-3-9-15-45;1-3-8-34(9-4-1)48-32-49(58-52(57-48)39-10-5-2-6-11-39)45-26-23-37-18-20-41(31-47(37)56-45)40-19-17-36-22-25-44(55-46(36)30-40)35-15-13-33(14-16-35)42-27-29-54-51-43(42)24-21-38-12-7-28-53-50(38)51/h1-36H;1-32H. The number of benzene rings is 13. The Morgan fingerprint density at radius 3 is 0.836 bits per heavy atom. The van der Waals surface area contributed by atoms with Gasteiger partial charge in [-0.1, -0.05) is 315 Å². The van der Waals surface area contributed by atoms with E-state index in [9.17, 15) is 0 Å². The lowest BCUT2D eigenvalue weighted by atomic mass is 9.98. The Morgan fingerprint density at radius 2 is 0.426 bits per heavy atom. The van der Waals surface area contributed by atoms with Gasteiger partial charge >= 0.3 is 0 Å². The van der Waals surface area contributed by atoms with Crippen LogP contribution < -0.4 is 0 Å². The number of rotatable bonds is 13. The topological polar surface area (TPSA) is 155 Å². The van der Waals surface area contributed by atoms with Crippen LogP contribution in [0.2, 0.25) is 0 Å². The van der Waals surface area contributed by atoms with E-state index in [1.165, 1.54) is 0 Å². The quantitative estimate of drug-likeness (QED) is 0.101. The predicted molar refractivity (Wildman–Crippen MR) is 497 cm³/mol. The van der Waals surface area contributed by atoms with Crippen molar-refractivity contribution in [2.75, 3.05) is 0 Å². The Bertz CT molecular complexity index is 7860. The molecule has 122 heavy (non-hydrogen) atoms. The SMILES string of the molecule is c1ccc(-c2cc(-c3ccc4ccc(-c5ccc6ccc(-c7ccc(-c8ccc9ccc%10ccc(-c%11ccccc%11)nc%10c9n8)cc7)nc6c5)cc4n3)nc(-c3ccccc3)n2)cc1.c1ccc(-c2cc(-c3ccc4ccc(-c5ccc6ccc(-c7ccc(-c8ccnc9c8ccc8cccnc89)cc7)nc6c5)cc4n3)nc(-c3ccccc3)n2)cc1. The first-order valence-electron chi connectivity index (χ1n) is 40.6. The minimum Gasteiger partial charge on any atom is -0.254 e. The van der Waals surface area contributed by atoms with Crippen molar-refractivity contribution in [2.45, 2.75) is 0 Å². The zero-order valence-electron chi connectivity index (χ0n) is 65.6. The van der Waals surface area contributed by atoms with Crippen molar-refractivity contribution in [3.63, 3.8) is 0 Å². The van der Waals surface area contributed by atoms with Gasteiger partial charge in [0.2, 0.25) is 0 Å². The molecule has 0 saturated carbocycles. The van der Waals surface area contributed by atoms with Gasteiger partial charge < -0.3 is 0 Å². The van der Waals surface area contributed by atoms with Gasteiger partial charge in [-0.15, -0.1) is 0 Å². The zero-order valence-corrected chi connectivity index (χ0v) is 65.6. The van der Waals surface area contributed by atoms with Crippen molar-refractivity contribution in [1.29, 1.82) is 0 Å². The van der Waals surface area contributed by atoms with Crippen molar-refractivity contribution in [3.8, 4) is 146 Å². The molecule has 10 aromatic heterocycles. The number of pyridine rings is 8. The number of hydrogen-bond donors (Lipinski definition) is 0. The summed E-state index contributed by atoms with van der Waals surface area (Å²) in [6.07, 6.45) is 3.69. The van der Waals surface area contributed by atoms with Gasteiger partial charge in [0.1, 0.15) is 0 Å². The molecule has 0 N–H and O–H groups in total. The van der Waals surface area contributed by atoms with Gasteiger partial charge in [-0.05, 0) is 118 Å². The molecule has 13 aromatic carbocycles. The Balaban J connectivity index is 0.000000146. The van der Waals surface area contributed by atoms with E-state index in [1.54, 1.807) is 0 Å². The summed E-state index contributed by atoms with van der Waals surface area (Å²) in [4.78, 5) is 60.2. The van der Waals surface area contributed by atoms with Crippen LogP contribution in [-0.4, -0.2) is 59.8 Å². The summed E-state index contributed by atoms with van der Waals surface area (Å²) in [5, 5.41) is 8.57. The van der Waals surface area contributed by atoms with Crippen molar-refractivity contribution in [3.05, 3.63) is 413 Å². The molecule has 0 spiro atoms. The number of fused-ring (bicyclic) bond motifs is 10. The maximum absolute atomic E-state index is 5.18. The van der Waals surface area contributed by atoms with E-state index in [2.05, 4.69) is 260 Å². The van der Waals surface area contributed by atoms with Crippen molar-refractivity contribution in [1.82, 2.24) is 59.8 Å². The predicted octanol–water partition coefficient (Wildman–Crippen LogP) is 27.0. The summed E-state index contributed by atoms with van der Waals surface area (Å²) in [7, 11) is 0. The number of hydrogen-bond acceptors (Lipinski definition) is 12. The smallest absolute Gasteiger partial charge is 0.160 e. The maximum atomic E-state index is 5.18. The van der Waals surface area contributed by atoms with Crippen LogP contribution in [0.3, 0.4) is 0 Å². The molecular formula is C110H68N12. The minimum absolute atomic E-state index is 0.665. The molecule has 0 radical (unpaired) electrons. The highest BCUT2D eigenvalue weighted by molar-refractivity contribution is 6.09. The van der Waals surface area contributed by atoms with Crippen LogP contribution >= 0.6 is 0 Å². The monoisotopic (exact) mass is 1560 g/mol. The highest BCUT2D eigenvalue weighted by Crippen LogP contribution is 2.39. The summed E-state index contributed by atoms with van der Waals surface area (Å²) >= 11 is 0. The van der Waals surface area contributed by atoms with Crippen molar-refractivity contribution >= 4 is 87.2 Å². The molecule has 0 amide bonds. The van der Waals surface area contributed by atoms with E-state index in [1.807, 2.05) is 158 Å². The molecule has 568 valence electrons. The molecule has 23 rings (SSSR count). The van der Waals surface area contributed by atoms with E-state index >= 15 is 0 Å². The molecule has 0 atom stereocenters. The Kier molecular flexibility index (Phi) is 18.3. The zero-order chi connectivity index (χ0) is 80.8. The van der Waals surface area contributed by atoms with Gasteiger partial charge in [0.25, 0.3) is 0 Å². The third-order valence-corrected chi connectivity index (χ3v) is 22.7. The molecule has 0 aliphatic carbocycles. The molecule has 10 heterocycles. The second kappa shape index (κ2) is 31.1. The lowest BCUT2D eigenvalue weighted by Crippen LogP contribution is -1.97. The minimum atomic E-state index is 0.665. The summed E-state index contributed by atoms with van der Waals surface area (Å²) in [6.45, 7) is 0. The van der Waals surface area contributed by atoms with Crippen molar-refractivity contribution < 1.29 is 0 Å². The van der Waals surface area contributed by atoms with Gasteiger partial charge in [0.15, 0.2) is 11.6 Å². The second-order valence-corrected chi connectivity index (χ2v) is 30.3. The van der Waals surface area contributed by atoms with Gasteiger partial charge in [-0.2, -0.15) is 0 Å². The lowest BCUT2D eigenvalue weighted by Gasteiger charge is -2.11. The van der Waals surface area contributed by atoms with E-state index in [-0.39, 0.29) is 0 Å². The van der Waals surface area contributed by atoms with Gasteiger partial charge in [0.05, 0.1) is 101 Å². The molecule has 23 aromatic rings. The molecule has 0 aliphatic rings. The first-order chi connectivity index (χ1) is 60.3. The first kappa shape index (κ1) is 71.8. The van der Waals surface area contributed by atoms with Gasteiger partial charge in [-0.3, -0.25) is 9.97 Å². The van der Waals surface area contributed by atoms with E-state index < -0.39 is 0 Å². The van der Waals surface area contributed by atoms with Crippen molar-refractivity contribution in [2.24, 2.45) is 0 Å². The lowest BCUT2D eigenvalue weighted by molar-refractivity contribution is 1.17. The number of aromatic nitrogens is 12. The van der Waals surface area contributed by atoms with Crippen LogP contribution in [0.1, 0.15) is 0 Å². The third kappa shape index (κ3) is 14.2. The largest absolute Gasteiger partial charge is 0.254 e. The summed E-state index contributed by atoms with van der Waals surface area (Å²) in [5.41, 5.74) is 30.5. The molecule has 12 heteroatoms. The molecule has 0 fully saturated rings. The Morgan fingerprint density at radius 1 is 0.139 bits per heavy atom. The molecule has 0 unspecified atom stereocenters. The Hall–Kier alpha value is -16.7. The van der Waals surface area contributed by atoms with E-state index in [4.69, 9.17) is 54.8 Å². The molecule has 0 saturated heterocycles. The fraction of sp³-hybridized carbons (Fsp3) is 0. The highest BCUT2D eigenvalue weighted by Gasteiger charge is 2.19. The normalized spacial score (nSPS) is 11.4. The van der Waals surface area contributed by atoms with E-state index in [0.717, 1.165) is 222 Å². The molecule has 12 nitrogen and oxygen atoms in total. The van der Waals surface area contributed by atoms with Crippen LogP contribution in [0.5, 0.6) is 0 Å². The molecule has 0 bridgehead atoms. The molecule has 0 aliphatic heterocycles. The average molecular weight is 1560 g/mol. The first-order valence-corrected chi connectivity index (χ1v) is 40.6. The average Bonchev–Trinajstić information content (AvgIpc) is 0.764. The third-order valence-electron chi connectivity index (χ3n) is 22.7. The van der Waals surface area contributed by atoms with E-state index in [0.29, 0.717) is 11.6 Å². The fourth-order valence-electron chi connectivity index (χ4n) is 16.2. The molecular weight excluding hydrogens is 1490 g/mol. The fourth-order valence-corrected chi connectivity index (χ4v) is 16.2. The Labute approximate surface area is 701 Å². The van der Waals surface area contributed by atoms with Crippen LogP contribution in [0.4, 0.5) is 0 Å². The summed E-state index contributed by atoms with van der Waals surface area (Å²) in [5.74, 6) is 1.33. The highest BCUT2D eigenvalue weighted by atomic mass is 14.9. The summed E-state index contributed by atoms with van der Waals surface area (Å²) in [6, 6.07) is 138. The summed E-state index contributed by atoms with van der Waals surface area (Å²) < 4.78 is 0. The van der Waals surface area contributed by atoms with Gasteiger partial charge in [-0.25, -0.2) is 49.8 Å². The van der Waals surface area contributed by atoms with Gasteiger partial charge in [0, 0.05) is 100.0 Å². The second-order valence-electron chi connectivity index (χ2n) is 30.3.